The van der Waals surface area contributed by atoms with Gasteiger partial charge in [-0.05, 0) is 32.1 Å². The van der Waals surface area contributed by atoms with Gasteiger partial charge in [0.05, 0.1) is 0 Å². The molecule has 232 valence electrons. The van der Waals surface area contributed by atoms with E-state index in [1.54, 1.807) is 0 Å². The summed E-state index contributed by atoms with van der Waals surface area (Å²) < 4.78 is 27.9. The molecule has 2 unspecified atom stereocenters. The van der Waals surface area contributed by atoms with E-state index in [4.69, 9.17) is 23.7 Å². The molecule has 0 aromatic carbocycles. The Morgan fingerprint density at radius 2 is 0.700 bits per heavy atom. The first-order valence-electron chi connectivity index (χ1n) is 15.1. The number of carbonyl (C=O) groups is 5. The molecular formula is C30H52O10. The first-order valence-corrected chi connectivity index (χ1v) is 15.1. The Bertz CT molecular complexity index is 686. The fourth-order valence-electron chi connectivity index (χ4n) is 3.55. The summed E-state index contributed by atoms with van der Waals surface area (Å²) in [7, 11) is 0. The van der Waals surface area contributed by atoms with Crippen LogP contribution in [0.25, 0.3) is 0 Å². The van der Waals surface area contributed by atoms with Gasteiger partial charge in [-0.3, -0.25) is 24.0 Å². The van der Waals surface area contributed by atoms with Crippen molar-refractivity contribution in [2.75, 3.05) is 13.2 Å². The van der Waals surface area contributed by atoms with Crippen LogP contribution < -0.4 is 0 Å². The minimum atomic E-state index is -1.35. The Kier molecular flexibility index (Phi) is 22.6. The molecule has 0 bridgehead atoms. The molecule has 0 N–H and O–H groups in total. The van der Waals surface area contributed by atoms with Crippen LogP contribution in [0.5, 0.6) is 0 Å². The van der Waals surface area contributed by atoms with Gasteiger partial charge in [0.15, 0.2) is 18.3 Å². The maximum absolute atomic E-state index is 12.8. The SMILES string of the molecule is CCCCC(=O)OCC(OC(=O)CCCC)C(OC(=O)CCCC)C(COC(=O)CCCC)OC(=O)CCCC. The molecule has 0 amide bonds. The zero-order valence-electron chi connectivity index (χ0n) is 25.3. The van der Waals surface area contributed by atoms with Gasteiger partial charge in [-0.1, -0.05) is 66.7 Å². The molecular weight excluding hydrogens is 520 g/mol. The maximum atomic E-state index is 12.8. The van der Waals surface area contributed by atoms with E-state index in [0.717, 1.165) is 32.1 Å². The number of carbonyl (C=O) groups excluding carboxylic acids is 5. The molecule has 0 spiro atoms. The Morgan fingerprint density at radius 3 is 1.00 bits per heavy atom. The smallest absolute Gasteiger partial charge is 0.306 e. The predicted octanol–water partition coefficient (Wildman–Crippen LogP) is 5.76. The van der Waals surface area contributed by atoms with Gasteiger partial charge in [0.2, 0.25) is 0 Å². The lowest BCUT2D eigenvalue weighted by molar-refractivity contribution is -0.197. The highest BCUT2D eigenvalue weighted by Gasteiger charge is 2.40. The molecule has 0 saturated heterocycles. The van der Waals surface area contributed by atoms with E-state index in [9.17, 15) is 24.0 Å². The standard InChI is InChI=1S/C30H52O10/c1-6-11-16-25(31)36-21-23(38-27(33)18-13-8-3)30(40-29(35)20-15-10-5)24(39-28(34)19-14-9-4)22-37-26(32)17-12-7-2/h23-24,30H,6-22H2,1-5H3. The first-order chi connectivity index (χ1) is 19.2. The summed E-state index contributed by atoms with van der Waals surface area (Å²) in [5.74, 6) is -2.71. The second-order valence-corrected chi connectivity index (χ2v) is 9.89. The third-order valence-electron chi connectivity index (χ3n) is 6.06. The summed E-state index contributed by atoms with van der Waals surface area (Å²) in [5.41, 5.74) is 0. The Hall–Kier alpha value is -2.65. The highest BCUT2D eigenvalue weighted by molar-refractivity contribution is 5.72. The fourth-order valence-corrected chi connectivity index (χ4v) is 3.55. The second kappa shape index (κ2) is 24.2. The molecule has 10 nitrogen and oxygen atoms in total. The summed E-state index contributed by atoms with van der Waals surface area (Å²) in [6, 6.07) is 0. The Balaban J connectivity index is 6.20. The molecule has 0 aliphatic rings. The van der Waals surface area contributed by atoms with Gasteiger partial charge in [0.25, 0.3) is 0 Å². The minimum Gasteiger partial charge on any atom is -0.462 e. The van der Waals surface area contributed by atoms with Crippen molar-refractivity contribution < 1.29 is 47.7 Å². The van der Waals surface area contributed by atoms with Crippen LogP contribution in [0, 0.1) is 0 Å². The molecule has 0 heterocycles. The summed E-state index contributed by atoms with van der Waals surface area (Å²) in [5, 5.41) is 0. The van der Waals surface area contributed by atoms with Crippen molar-refractivity contribution in [2.24, 2.45) is 0 Å². The molecule has 40 heavy (non-hydrogen) atoms. The monoisotopic (exact) mass is 572 g/mol. The summed E-state index contributed by atoms with van der Waals surface area (Å²) in [4.78, 5) is 62.7. The molecule has 0 aliphatic carbocycles. The van der Waals surface area contributed by atoms with Crippen LogP contribution in [0.3, 0.4) is 0 Å². The molecule has 10 heteroatoms. The summed E-state index contributed by atoms with van der Waals surface area (Å²) >= 11 is 0. The van der Waals surface area contributed by atoms with Gasteiger partial charge >= 0.3 is 29.8 Å². The van der Waals surface area contributed by atoms with Crippen LogP contribution in [-0.2, 0) is 47.7 Å². The maximum Gasteiger partial charge on any atom is 0.306 e. The van der Waals surface area contributed by atoms with E-state index < -0.39 is 61.4 Å². The zero-order valence-corrected chi connectivity index (χ0v) is 25.3. The summed E-state index contributed by atoms with van der Waals surface area (Å²) in [6.45, 7) is 8.85. The number of unbranched alkanes of at least 4 members (excludes halogenated alkanes) is 5. The van der Waals surface area contributed by atoms with Crippen LogP contribution in [-0.4, -0.2) is 61.4 Å². The topological polar surface area (TPSA) is 132 Å². The average Bonchev–Trinajstić information content (AvgIpc) is 2.94. The van der Waals surface area contributed by atoms with E-state index >= 15 is 0 Å². The molecule has 0 aromatic rings. The third kappa shape index (κ3) is 18.6. The number of hydrogen-bond acceptors (Lipinski definition) is 10. The van der Waals surface area contributed by atoms with Crippen LogP contribution in [0.2, 0.25) is 0 Å². The van der Waals surface area contributed by atoms with Crippen molar-refractivity contribution in [1.82, 2.24) is 0 Å². The Morgan fingerprint density at radius 1 is 0.425 bits per heavy atom. The van der Waals surface area contributed by atoms with E-state index in [2.05, 4.69) is 0 Å². The van der Waals surface area contributed by atoms with Crippen molar-refractivity contribution in [1.29, 1.82) is 0 Å². The molecule has 0 aliphatic heterocycles. The number of esters is 5. The van der Waals surface area contributed by atoms with Crippen molar-refractivity contribution in [3.05, 3.63) is 0 Å². The van der Waals surface area contributed by atoms with Crippen molar-refractivity contribution >= 4 is 29.8 Å². The van der Waals surface area contributed by atoms with Crippen molar-refractivity contribution in [3.8, 4) is 0 Å². The zero-order chi connectivity index (χ0) is 30.2. The Labute approximate surface area is 240 Å². The van der Waals surface area contributed by atoms with E-state index in [-0.39, 0.29) is 32.1 Å². The van der Waals surface area contributed by atoms with Gasteiger partial charge < -0.3 is 23.7 Å². The fraction of sp³-hybridized carbons (Fsp3) is 0.833. The van der Waals surface area contributed by atoms with Gasteiger partial charge in [-0.15, -0.1) is 0 Å². The molecule has 0 fully saturated rings. The normalized spacial score (nSPS) is 13.0. The quantitative estimate of drug-likeness (QED) is 0.104. The lowest BCUT2D eigenvalue weighted by Crippen LogP contribution is -2.50. The molecule has 0 rings (SSSR count). The molecule has 2 atom stereocenters. The minimum absolute atomic E-state index is 0.0899. The average molecular weight is 573 g/mol. The number of rotatable bonds is 24. The van der Waals surface area contributed by atoms with Gasteiger partial charge in [0.1, 0.15) is 13.2 Å². The largest absolute Gasteiger partial charge is 0.462 e. The van der Waals surface area contributed by atoms with E-state index in [0.29, 0.717) is 32.1 Å². The number of hydrogen-bond donors (Lipinski definition) is 0. The van der Waals surface area contributed by atoms with Crippen molar-refractivity contribution in [2.45, 2.75) is 149 Å². The lowest BCUT2D eigenvalue weighted by atomic mass is 10.1. The van der Waals surface area contributed by atoms with Crippen LogP contribution in [0.15, 0.2) is 0 Å². The van der Waals surface area contributed by atoms with E-state index in [1.807, 2.05) is 34.6 Å². The second-order valence-electron chi connectivity index (χ2n) is 9.89. The third-order valence-corrected chi connectivity index (χ3v) is 6.06. The molecule has 0 saturated carbocycles. The molecule has 0 aromatic heterocycles. The first kappa shape index (κ1) is 37.4. The van der Waals surface area contributed by atoms with Gasteiger partial charge in [-0.2, -0.15) is 0 Å². The lowest BCUT2D eigenvalue weighted by Gasteiger charge is -2.32. The molecule has 0 radical (unpaired) electrons. The van der Waals surface area contributed by atoms with Gasteiger partial charge in [-0.25, -0.2) is 0 Å². The van der Waals surface area contributed by atoms with Crippen LogP contribution >= 0.6 is 0 Å². The van der Waals surface area contributed by atoms with Crippen LogP contribution in [0.4, 0.5) is 0 Å². The highest BCUT2D eigenvalue weighted by Crippen LogP contribution is 2.19. The highest BCUT2D eigenvalue weighted by atomic mass is 16.6. The summed E-state index contributed by atoms with van der Waals surface area (Å²) in [6.07, 6.45) is 3.60. The predicted molar refractivity (Wildman–Crippen MR) is 149 cm³/mol. The van der Waals surface area contributed by atoms with Gasteiger partial charge in [0, 0.05) is 32.1 Å². The number of ether oxygens (including phenoxy) is 5. The van der Waals surface area contributed by atoms with Crippen molar-refractivity contribution in [3.63, 3.8) is 0 Å². The van der Waals surface area contributed by atoms with Crippen LogP contribution in [0.1, 0.15) is 131 Å². The van der Waals surface area contributed by atoms with E-state index in [1.165, 1.54) is 0 Å².